The summed E-state index contributed by atoms with van der Waals surface area (Å²) in [6, 6.07) is 7.82. The van der Waals surface area contributed by atoms with Crippen LogP contribution in [0.4, 0.5) is 4.79 Å². The van der Waals surface area contributed by atoms with Crippen LogP contribution in [-0.2, 0) is 25.7 Å². The molecule has 0 fully saturated rings. The number of alkyl carbamates (subject to hydrolysis) is 1. The number of carboxylic acid groups (broad SMARTS) is 1. The fourth-order valence-electron chi connectivity index (χ4n) is 1.48. The monoisotopic (exact) mass is 295 g/mol. The Morgan fingerprint density at radius 2 is 1.86 bits per heavy atom. The molecule has 0 heterocycles. The summed E-state index contributed by atoms with van der Waals surface area (Å²) in [6.07, 6.45) is -0.871. The molecule has 0 aliphatic heterocycles. The van der Waals surface area contributed by atoms with Gasteiger partial charge >= 0.3 is 18.0 Å². The summed E-state index contributed by atoms with van der Waals surface area (Å²) in [5.41, 5.74) is 0.791. The average Bonchev–Trinajstić information content (AvgIpc) is 2.44. The molecule has 0 aliphatic carbocycles. The lowest BCUT2D eigenvalue weighted by Gasteiger charge is -2.14. The van der Waals surface area contributed by atoms with Crippen LogP contribution in [-0.4, -0.2) is 35.8 Å². The number of carbonyl (C=O) groups excluding carboxylic acids is 2. The van der Waals surface area contributed by atoms with Gasteiger partial charge in [-0.05, 0) is 5.56 Å². The molecule has 0 saturated carbocycles. The van der Waals surface area contributed by atoms with Crippen molar-refractivity contribution in [3.63, 3.8) is 0 Å². The molecule has 1 rings (SSSR count). The maximum Gasteiger partial charge on any atom is 0.408 e. The first kappa shape index (κ1) is 16.5. The summed E-state index contributed by atoms with van der Waals surface area (Å²) >= 11 is 0. The van der Waals surface area contributed by atoms with E-state index in [1.807, 2.05) is 6.07 Å². The fourth-order valence-corrected chi connectivity index (χ4v) is 1.48. The molecule has 0 radical (unpaired) electrons. The highest BCUT2D eigenvalue weighted by atomic mass is 16.5. The van der Waals surface area contributed by atoms with E-state index < -0.39 is 24.1 Å². The first-order chi connectivity index (χ1) is 9.99. The summed E-state index contributed by atoms with van der Waals surface area (Å²) < 4.78 is 9.55. The lowest BCUT2D eigenvalue weighted by atomic mass is 10.2. The van der Waals surface area contributed by atoms with Crippen LogP contribution in [0.25, 0.3) is 0 Å². The Bertz CT molecular complexity index is 487. The average molecular weight is 295 g/mol. The first-order valence-electron chi connectivity index (χ1n) is 6.32. The lowest BCUT2D eigenvalue weighted by Crippen LogP contribution is -2.41. The summed E-state index contributed by atoms with van der Waals surface area (Å²) in [6.45, 7) is 1.17. The normalized spacial score (nSPS) is 11.3. The maximum absolute atomic E-state index is 11.5. The van der Waals surface area contributed by atoms with E-state index in [1.54, 1.807) is 24.3 Å². The van der Waals surface area contributed by atoms with Crippen molar-refractivity contribution in [2.75, 3.05) is 6.61 Å². The number of esters is 1. The molecule has 0 aromatic heterocycles. The largest absolute Gasteiger partial charge is 0.480 e. The number of benzene rings is 1. The van der Waals surface area contributed by atoms with E-state index in [1.165, 1.54) is 6.92 Å². The standard InChI is InChI=1S/C14H17NO6/c1-10(16)20-8-7-12(13(17)18)15-14(19)21-9-11-5-3-2-4-6-11/h2-6,12H,7-9H2,1H3,(H,15,19)(H,17,18)/t12-/m0/s1. The molecule has 1 atom stereocenters. The van der Waals surface area contributed by atoms with Gasteiger partial charge in [0.1, 0.15) is 12.6 Å². The van der Waals surface area contributed by atoms with Crippen LogP contribution in [0.1, 0.15) is 18.9 Å². The van der Waals surface area contributed by atoms with Crippen LogP contribution in [0.5, 0.6) is 0 Å². The highest BCUT2D eigenvalue weighted by molar-refractivity contribution is 5.79. The molecule has 0 aliphatic rings. The van der Waals surface area contributed by atoms with Crippen molar-refractivity contribution in [1.29, 1.82) is 0 Å². The topological polar surface area (TPSA) is 102 Å². The highest BCUT2D eigenvalue weighted by Crippen LogP contribution is 2.01. The number of hydrogen-bond donors (Lipinski definition) is 2. The van der Waals surface area contributed by atoms with Crippen LogP contribution in [0, 0.1) is 0 Å². The second kappa shape index (κ2) is 8.57. The van der Waals surface area contributed by atoms with Crippen LogP contribution in [0.3, 0.4) is 0 Å². The van der Waals surface area contributed by atoms with E-state index in [0.29, 0.717) is 0 Å². The van der Waals surface area contributed by atoms with Crippen LogP contribution < -0.4 is 5.32 Å². The molecular weight excluding hydrogens is 278 g/mol. The first-order valence-corrected chi connectivity index (χ1v) is 6.32. The van der Waals surface area contributed by atoms with E-state index in [9.17, 15) is 14.4 Å². The molecule has 7 nitrogen and oxygen atoms in total. The Labute approximate surface area is 121 Å². The van der Waals surface area contributed by atoms with Crippen molar-refractivity contribution < 1.29 is 29.0 Å². The zero-order valence-electron chi connectivity index (χ0n) is 11.6. The molecule has 1 aromatic rings. The smallest absolute Gasteiger partial charge is 0.408 e. The Morgan fingerprint density at radius 3 is 2.43 bits per heavy atom. The van der Waals surface area contributed by atoms with Gasteiger partial charge in [0.25, 0.3) is 0 Å². The van der Waals surface area contributed by atoms with Crippen LogP contribution >= 0.6 is 0 Å². The predicted octanol–water partition coefficient (Wildman–Crippen LogP) is 1.32. The van der Waals surface area contributed by atoms with E-state index in [2.05, 4.69) is 10.1 Å². The van der Waals surface area contributed by atoms with Gasteiger partial charge in [0.15, 0.2) is 0 Å². The highest BCUT2D eigenvalue weighted by Gasteiger charge is 2.20. The molecule has 114 valence electrons. The molecular formula is C14H17NO6. The summed E-state index contributed by atoms with van der Waals surface area (Å²) in [4.78, 5) is 33.1. The van der Waals surface area contributed by atoms with Gasteiger partial charge in [0.05, 0.1) is 6.61 Å². The van der Waals surface area contributed by atoms with E-state index in [0.717, 1.165) is 5.56 Å². The van der Waals surface area contributed by atoms with Crippen molar-refractivity contribution in [2.45, 2.75) is 26.0 Å². The van der Waals surface area contributed by atoms with Gasteiger partial charge in [-0.15, -0.1) is 0 Å². The number of aliphatic carboxylic acids is 1. The minimum atomic E-state index is -1.22. The van der Waals surface area contributed by atoms with Gasteiger partial charge in [-0.3, -0.25) is 4.79 Å². The lowest BCUT2D eigenvalue weighted by molar-refractivity contribution is -0.144. The Morgan fingerprint density at radius 1 is 1.19 bits per heavy atom. The molecule has 0 bridgehead atoms. The molecule has 0 saturated heterocycles. The van der Waals surface area contributed by atoms with Gasteiger partial charge in [-0.2, -0.15) is 0 Å². The van der Waals surface area contributed by atoms with Gasteiger partial charge in [-0.1, -0.05) is 30.3 Å². The van der Waals surface area contributed by atoms with Crippen molar-refractivity contribution in [2.24, 2.45) is 0 Å². The third kappa shape index (κ3) is 6.95. The number of carbonyl (C=O) groups is 3. The van der Waals surface area contributed by atoms with Gasteiger partial charge in [0.2, 0.25) is 0 Å². The second-order valence-electron chi connectivity index (χ2n) is 4.23. The zero-order chi connectivity index (χ0) is 15.7. The summed E-state index contributed by atoms with van der Waals surface area (Å²) in [5.74, 6) is -1.73. The maximum atomic E-state index is 11.5. The number of amides is 1. The van der Waals surface area contributed by atoms with E-state index >= 15 is 0 Å². The Hall–Kier alpha value is -2.57. The molecule has 2 N–H and O–H groups in total. The van der Waals surface area contributed by atoms with Gasteiger partial charge < -0.3 is 19.9 Å². The molecule has 1 aromatic carbocycles. The zero-order valence-corrected chi connectivity index (χ0v) is 11.6. The third-order valence-corrected chi connectivity index (χ3v) is 2.51. The summed E-state index contributed by atoms with van der Waals surface area (Å²) in [5, 5.41) is 11.2. The van der Waals surface area contributed by atoms with Crippen LogP contribution in [0.2, 0.25) is 0 Å². The Kier molecular flexibility index (Phi) is 6.73. The van der Waals surface area contributed by atoms with Gasteiger partial charge in [0, 0.05) is 13.3 Å². The fraction of sp³-hybridized carbons (Fsp3) is 0.357. The van der Waals surface area contributed by atoms with Crippen molar-refractivity contribution in [1.82, 2.24) is 5.32 Å². The van der Waals surface area contributed by atoms with Crippen molar-refractivity contribution >= 4 is 18.0 Å². The Balaban J connectivity index is 2.38. The summed E-state index contributed by atoms with van der Waals surface area (Å²) in [7, 11) is 0. The minimum Gasteiger partial charge on any atom is -0.480 e. The predicted molar refractivity (Wildman–Crippen MR) is 72.4 cm³/mol. The van der Waals surface area contributed by atoms with Crippen molar-refractivity contribution in [3.05, 3.63) is 35.9 Å². The molecule has 0 unspecified atom stereocenters. The van der Waals surface area contributed by atoms with Crippen LogP contribution in [0.15, 0.2) is 30.3 Å². The second-order valence-corrected chi connectivity index (χ2v) is 4.23. The number of nitrogens with one attached hydrogen (secondary N) is 1. The van der Waals surface area contributed by atoms with Crippen molar-refractivity contribution in [3.8, 4) is 0 Å². The number of rotatable bonds is 7. The van der Waals surface area contributed by atoms with E-state index in [4.69, 9.17) is 9.84 Å². The number of carboxylic acids is 1. The SMILES string of the molecule is CC(=O)OCC[C@H](NC(=O)OCc1ccccc1)C(=O)O. The molecule has 1 amide bonds. The molecule has 7 heteroatoms. The number of ether oxygens (including phenoxy) is 2. The number of hydrogen-bond acceptors (Lipinski definition) is 5. The van der Waals surface area contributed by atoms with E-state index in [-0.39, 0.29) is 19.6 Å². The van der Waals surface area contributed by atoms with Gasteiger partial charge in [-0.25, -0.2) is 9.59 Å². The molecule has 21 heavy (non-hydrogen) atoms. The third-order valence-electron chi connectivity index (χ3n) is 2.51. The quantitative estimate of drug-likeness (QED) is 0.735. The minimum absolute atomic E-state index is 0.0324. The molecule has 0 spiro atoms.